The van der Waals surface area contributed by atoms with E-state index in [0.29, 0.717) is 6.54 Å². The summed E-state index contributed by atoms with van der Waals surface area (Å²) in [4.78, 5) is 11.4. The molecule has 0 aliphatic heterocycles. The summed E-state index contributed by atoms with van der Waals surface area (Å²) in [6.45, 7) is 4.05. The molecule has 90 valence electrons. The molecule has 0 bridgehead atoms. The number of rotatable bonds is 9. The van der Waals surface area contributed by atoms with Crippen LogP contribution in [0, 0.1) is 5.92 Å². The van der Waals surface area contributed by atoms with Crippen molar-refractivity contribution in [3.63, 3.8) is 0 Å². The van der Waals surface area contributed by atoms with Crippen LogP contribution in [-0.4, -0.2) is 32.7 Å². The number of nitrogens with one attached hydrogen (secondary N) is 1. The van der Waals surface area contributed by atoms with Gasteiger partial charge in [-0.2, -0.15) is 0 Å². The molecule has 0 radical (unpaired) electrons. The van der Waals surface area contributed by atoms with Crippen LogP contribution in [0.25, 0.3) is 0 Å². The Kier molecular flexibility index (Phi) is 9.52. The molecule has 0 rings (SSSR count). The number of methoxy groups -OCH3 is 1. The van der Waals surface area contributed by atoms with Gasteiger partial charge in [0, 0.05) is 26.2 Å². The number of ether oxygens (including phenoxy) is 1. The number of carbonyl (C=O) groups is 1. The van der Waals surface area contributed by atoms with Gasteiger partial charge >= 0.3 is 0 Å². The molecular formula is C11H24N2O2. The summed E-state index contributed by atoms with van der Waals surface area (Å²) in [5.74, 6) is 0.154. The highest BCUT2D eigenvalue weighted by molar-refractivity contribution is 5.78. The van der Waals surface area contributed by atoms with Crippen LogP contribution in [0.3, 0.4) is 0 Å². The van der Waals surface area contributed by atoms with Gasteiger partial charge in [0.2, 0.25) is 5.91 Å². The Morgan fingerprint density at radius 2 is 2.13 bits per heavy atom. The van der Waals surface area contributed by atoms with Crippen molar-refractivity contribution in [3.05, 3.63) is 0 Å². The van der Waals surface area contributed by atoms with Crippen molar-refractivity contribution >= 4 is 5.91 Å². The Morgan fingerprint density at radius 1 is 1.40 bits per heavy atom. The summed E-state index contributed by atoms with van der Waals surface area (Å²) in [5.41, 5.74) is 5.38. The molecule has 1 unspecified atom stereocenters. The molecule has 0 aromatic rings. The lowest BCUT2D eigenvalue weighted by molar-refractivity contribution is -0.124. The normalized spacial score (nSPS) is 12.5. The van der Waals surface area contributed by atoms with Crippen LogP contribution >= 0.6 is 0 Å². The summed E-state index contributed by atoms with van der Waals surface area (Å²) in [5, 5.41) is 2.91. The Labute approximate surface area is 92.6 Å². The van der Waals surface area contributed by atoms with E-state index in [4.69, 9.17) is 10.5 Å². The Balaban J connectivity index is 3.30. The van der Waals surface area contributed by atoms with Gasteiger partial charge in [0.25, 0.3) is 0 Å². The molecule has 0 aromatic carbocycles. The summed E-state index contributed by atoms with van der Waals surface area (Å²) in [7, 11) is 1.70. The monoisotopic (exact) mass is 216 g/mol. The second-order valence-corrected chi connectivity index (χ2v) is 3.82. The lowest BCUT2D eigenvalue weighted by Gasteiger charge is -2.10. The first kappa shape index (κ1) is 14.4. The molecule has 0 heterocycles. The topological polar surface area (TPSA) is 64.3 Å². The van der Waals surface area contributed by atoms with Gasteiger partial charge in [-0.3, -0.25) is 4.79 Å². The number of unbranched alkanes of at least 4 members (excludes halogenated alkanes) is 2. The molecule has 15 heavy (non-hydrogen) atoms. The van der Waals surface area contributed by atoms with Crippen LogP contribution in [0.1, 0.15) is 32.6 Å². The SMILES string of the molecule is COCCCCCNC(=O)C(C)CCN. The maximum atomic E-state index is 11.4. The lowest BCUT2D eigenvalue weighted by Crippen LogP contribution is -2.31. The largest absolute Gasteiger partial charge is 0.385 e. The molecule has 0 spiro atoms. The van der Waals surface area contributed by atoms with Crippen molar-refractivity contribution in [1.82, 2.24) is 5.32 Å². The number of amides is 1. The Hall–Kier alpha value is -0.610. The third kappa shape index (κ3) is 8.39. The lowest BCUT2D eigenvalue weighted by atomic mass is 10.1. The van der Waals surface area contributed by atoms with E-state index < -0.39 is 0 Å². The molecule has 0 saturated heterocycles. The van der Waals surface area contributed by atoms with Gasteiger partial charge in [-0.1, -0.05) is 6.92 Å². The Bertz CT molecular complexity index is 163. The van der Waals surface area contributed by atoms with Crippen molar-refractivity contribution in [2.24, 2.45) is 11.7 Å². The maximum absolute atomic E-state index is 11.4. The third-order valence-corrected chi connectivity index (χ3v) is 2.37. The average Bonchev–Trinajstić information content (AvgIpc) is 2.23. The number of carbonyl (C=O) groups excluding carboxylic acids is 1. The number of nitrogens with two attached hydrogens (primary N) is 1. The van der Waals surface area contributed by atoms with E-state index in [1.54, 1.807) is 7.11 Å². The molecule has 4 heteroatoms. The standard InChI is InChI=1S/C11H24N2O2/c1-10(6-7-12)11(14)13-8-4-3-5-9-15-2/h10H,3-9,12H2,1-2H3,(H,13,14). The number of hydrogen-bond acceptors (Lipinski definition) is 3. The molecule has 1 atom stereocenters. The summed E-state index contributed by atoms with van der Waals surface area (Å²) < 4.78 is 4.94. The zero-order valence-electron chi connectivity index (χ0n) is 9.92. The van der Waals surface area contributed by atoms with Crippen molar-refractivity contribution in [2.75, 3.05) is 26.8 Å². The minimum Gasteiger partial charge on any atom is -0.385 e. The second-order valence-electron chi connectivity index (χ2n) is 3.82. The number of hydrogen-bond donors (Lipinski definition) is 2. The van der Waals surface area contributed by atoms with Gasteiger partial charge in [0.15, 0.2) is 0 Å². The fourth-order valence-electron chi connectivity index (χ4n) is 1.32. The van der Waals surface area contributed by atoms with Crippen LogP contribution < -0.4 is 11.1 Å². The molecule has 0 aliphatic rings. The fourth-order valence-corrected chi connectivity index (χ4v) is 1.32. The van der Waals surface area contributed by atoms with Crippen molar-refractivity contribution in [1.29, 1.82) is 0 Å². The summed E-state index contributed by atoms with van der Waals surface area (Å²) in [6, 6.07) is 0. The van der Waals surface area contributed by atoms with Crippen LogP contribution in [0.5, 0.6) is 0 Å². The van der Waals surface area contributed by atoms with Crippen LogP contribution in [0.2, 0.25) is 0 Å². The first-order valence-corrected chi connectivity index (χ1v) is 5.69. The molecule has 1 amide bonds. The van der Waals surface area contributed by atoms with Crippen molar-refractivity contribution < 1.29 is 9.53 Å². The smallest absolute Gasteiger partial charge is 0.222 e. The van der Waals surface area contributed by atoms with Crippen LogP contribution in [0.15, 0.2) is 0 Å². The second kappa shape index (κ2) is 9.93. The zero-order valence-corrected chi connectivity index (χ0v) is 9.92. The van der Waals surface area contributed by atoms with Crippen molar-refractivity contribution in [2.45, 2.75) is 32.6 Å². The van der Waals surface area contributed by atoms with E-state index in [2.05, 4.69) is 5.32 Å². The predicted octanol–water partition coefficient (Wildman–Crippen LogP) is 0.904. The maximum Gasteiger partial charge on any atom is 0.222 e. The third-order valence-electron chi connectivity index (χ3n) is 2.37. The summed E-state index contributed by atoms with van der Waals surface area (Å²) >= 11 is 0. The highest BCUT2D eigenvalue weighted by Crippen LogP contribution is 2.00. The fraction of sp³-hybridized carbons (Fsp3) is 0.909. The highest BCUT2D eigenvalue weighted by atomic mass is 16.5. The molecule has 4 nitrogen and oxygen atoms in total. The van der Waals surface area contributed by atoms with Gasteiger partial charge in [-0.05, 0) is 32.2 Å². The minimum atomic E-state index is 0.0361. The summed E-state index contributed by atoms with van der Waals surface area (Å²) in [6.07, 6.45) is 3.93. The molecule has 3 N–H and O–H groups in total. The molecular weight excluding hydrogens is 192 g/mol. The van der Waals surface area contributed by atoms with Gasteiger partial charge in [-0.15, -0.1) is 0 Å². The molecule has 0 aromatic heterocycles. The van der Waals surface area contributed by atoms with Crippen LogP contribution in [-0.2, 0) is 9.53 Å². The Morgan fingerprint density at radius 3 is 2.73 bits per heavy atom. The van der Waals surface area contributed by atoms with Crippen LogP contribution in [0.4, 0.5) is 0 Å². The van der Waals surface area contributed by atoms with E-state index in [0.717, 1.165) is 38.8 Å². The zero-order chi connectivity index (χ0) is 11.5. The van der Waals surface area contributed by atoms with E-state index in [9.17, 15) is 4.79 Å². The predicted molar refractivity (Wildman–Crippen MR) is 61.6 cm³/mol. The van der Waals surface area contributed by atoms with Gasteiger partial charge in [-0.25, -0.2) is 0 Å². The highest BCUT2D eigenvalue weighted by Gasteiger charge is 2.10. The van der Waals surface area contributed by atoms with E-state index in [1.165, 1.54) is 0 Å². The average molecular weight is 216 g/mol. The molecule has 0 aliphatic carbocycles. The first-order chi connectivity index (χ1) is 7.22. The van der Waals surface area contributed by atoms with Gasteiger partial charge < -0.3 is 15.8 Å². The minimum absolute atomic E-state index is 0.0361. The van der Waals surface area contributed by atoms with E-state index in [1.807, 2.05) is 6.92 Å². The molecule has 0 fully saturated rings. The van der Waals surface area contributed by atoms with Gasteiger partial charge in [0.05, 0.1) is 0 Å². The van der Waals surface area contributed by atoms with Crippen molar-refractivity contribution in [3.8, 4) is 0 Å². The molecule has 0 saturated carbocycles. The van der Waals surface area contributed by atoms with E-state index in [-0.39, 0.29) is 11.8 Å². The van der Waals surface area contributed by atoms with E-state index >= 15 is 0 Å². The first-order valence-electron chi connectivity index (χ1n) is 5.69. The van der Waals surface area contributed by atoms with Gasteiger partial charge in [0.1, 0.15) is 0 Å². The quantitative estimate of drug-likeness (QED) is 0.563.